The lowest BCUT2D eigenvalue weighted by molar-refractivity contribution is -0.108. The number of hydrogen-bond donors (Lipinski definition) is 1. The lowest BCUT2D eigenvalue weighted by Crippen LogP contribution is -2.37. The second-order valence-corrected chi connectivity index (χ2v) is 9.47. The largest absolute Gasteiger partial charge is 0.325 e. The monoisotopic (exact) mass is 454 g/mol. The first kappa shape index (κ1) is 21.2. The van der Waals surface area contributed by atoms with Crippen LogP contribution in [0.25, 0.3) is 11.1 Å². The van der Waals surface area contributed by atoms with Gasteiger partial charge in [-0.3, -0.25) is 9.59 Å². The zero-order chi connectivity index (χ0) is 22.2. The van der Waals surface area contributed by atoms with E-state index in [9.17, 15) is 18.0 Å². The molecule has 1 amide bonds. The molecule has 0 saturated carbocycles. The Morgan fingerprint density at radius 2 is 1.74 bits per heavy atom. The quantitative estimate of drug-likeness (QED) is 0.561. The molecule has 158 valence electrons. The molecule has 1 N–H and O–H groups in total. The molecule has 0 saturated heterocycles. The van der Waals surface area contributed by atoms with E-state index >= 15 is 0 Å². The molecule has 0 bridgehead atoms. The average molecular weight is 455 g/mol. The average Bonchev–Trinajstić information content (AvgIpc) is 2.74. The first-order valence-electron chi connectivity index (χ1n) is 9.36. The highest BCUT2D eigenvalue weighted by atomic mass is 32.2. The summed E-state index contributed by atoms with van der Waals surface area (Å²) in [5, 5.41) is 0. The van der Waals surface area contributed by atoms with Gasteiger partial charge in [0.25, 0.3) is 15.9 Å². The maximum atomic E-state index is 13.1. The fourth-order valence-electron chi connectivity index (χ4n) is 3.55. The summed E-state index contributed by atoms with van der Waals surface area (Å²) in [6, 6.07) is 13.1. The Balaban J connectivity index is 1.63. The van der Waals surface area contributed by atoms with Crippen LogP contribution < -0.4 is 0 Å². The lowest BCUT2D eigenvalue weighted by Gasteiger charge is -2.30. The van der Waals surface area contributed by atoms with Crippen molar-refractivity contribution >= 4 is 39.5 Å². The molecule has 0 aromatic heterocycles. The van der Waals surface area contributed by atoms with Crippen LogP contribution in [0.2, 0.25) is 0 Å². The van der Waals surface area contributed by atoms with Gasteiger partial charge in [0.1, 0.15) is 5.71 Å². The topological polar surface area (TPSA) is 104 Å². The summed E-state index contributed by atoms with van der Waals surface area (Å²) < 4.78 is 35.5. The normalized spacial score (nSPS) is 17.7. The number of rotatable bonds is 4. The lowest BCUT2D eigenvalue weighted by atomic mass is 9.93. The maximum Gasteiger partial charge on any atom is 0.258 e. The Hall–Kier alpha value is -3.01. The van der Waals surface area contributed by atoms with Crippen molar-refractivity contribution in [1.29, 1.82) is 0 Å². The van der Waals surface area contributed by atoms with Gasteiger partial charge >= 0.3 is 0 Å². The Morgan fingerprint density at radius 3 is 2.42 bits per heavy atom. The summed E-state index contributed by atoms with van der Waals surface area (Å²) in [6.07, 6.45) is 5.58. The van der Waals surface area contributed by atoms with Gasteiger partial charge in [-0.1, -0.05) is 24.3 Å². The maximum absolute atomic E-state index is 13.1. The van der Waals surface area contributed by atoms with E-state index in [2.05, 4.69) is 4.40 Å². The fourth-order valence-corrected chi connectivity index (χ4v) is 4.30. The third-order valence-electron chi connectivity index (χ3n) is 5.00. The minimum absolute atomic E-state index is 0.210. The number of ketones is 1. The van der Waals surface area contributed by atoms with Crippen molar-refractivity contribution in [3.63, 3.8) is 0 Å². The van der Waals surface area contributed by atoms with Crippen LogP contribution >= 0.6 is 12.0 Å². The van der Waals surface area contributed by atoms with Crippen LogP contribution in [0.5, 0.6) is 0 Å². The van der Waals surface area contributed by atoms with Crippen LogP contribution in [0, 0.1) is 0 Å². The fraction of sp³-hybridized carbons (Fsp3) is 0.136. The summed E-state index contributed by atoms with van der Waals surface area (Å²) in [5.74, 6) is -0.738. The van der Waals surface area contributed by atoms with E-state index in [1.165, 1.54) is 23.1 Å². The van der Waals surface area contributed by atoms with E-state index in [0.717, 1.165) is 27.8 Å². The van der Waals surface area contributed by atoms with Gasteiger partial charge in [-0.15, -0.1) is 0 Å². The summed E-state index contributed by atoms with van der Waals surface area (Å²) in [6.45, 7) is 0.395. The molecule has 0 atom stereocenters. The van der Waals surface area contributed by atoms with Crippen molar-refractivity contribution in [2.45, 2.75) is 11.3 Å². The molecule has 1 aliphatic heterocycles. The highest BCUT2D eigenvalue weighted by Gasteiger charge is 2.28. The Morgan fingerprint density at radius 1 is 1.03 bits per heavy atom. The number of hydrogen-bond acceptors (Lipinski definition) is 6. The molecule has 9 heteroatoms. The number of amides is 1. The van der Waals surface area contributed by atoms with E-state index in [4.69, 9.17) is 4.55 Å². The van der Waals surface area contributed by atoms with Gasteiger partial charge in [0.05, 0.1) is 6.26 Å². The third-order valence-corrected chi connectivity index (χ3v) is 6.01. The van der Waals surface area contributed by atoms with Crippen LogP contribution in [0.1, 0.15) is 15.9 Å². The second kappa shape index (κ2) is 8.26. The van der Waals surface area contributed by atoms with Gasteiger partial charge in [-0.05, 0) is 59.5 Å². The van der Waals surface area contributed by atoms with Gasteiger partial charge in [-0.2, -0.15) is 4.40 Å². The molecule has 1 aliphatic carbocycles. The van der Waals surface area contributed by atoms with Gasteiger partial charge in [0, 0.05) is 34.7 Å². The second-order valence-electron chi connectivity index (χ2n) is 7.17. The third kappa shape index (κ3) is 4.53. The predicted octanol–water partition coefficient (Wildman–Crippen LogP) is 3.34. The van der Waals surface area contributed by atoms with E-state index in [0.29, 0.717) is 36.3 Å². The number of sulfonamides is 1. The molecule has 2 aromatic rings. The molecule has 7 nitrogen and oxygen atoms in total. The molecule has 0 spiro atoms. The van der Waals surface area contributed by atoms with Crippen molar-refractivity contribution in [3.8, 4) is 11.1 Å². The van der Waals surface area contributed by atoms with E-state index in [1.54, 1.807) is 6.07 Å². The van der Waals surface area contributed by atoms with Gasteiger partial charge in [0.2, 0.25) is 5.78 Å². The highest BCUT2D eigenvalue weighted by molar-refractivity contribution is 7.93. The molecular formula is C22H18N2O5S2. The molecule has 31 heavy (non-hydrogen) atoms. The Kier molecular flexibility index (Phi) is 5.65. The molecule has 0 unspecified atom stereocenters. The van der Waals surface area contributed by atoms with Crippen molar-refractivity contribution in [2.24, 2.45) is 4.40 Å². The smallest absolute Gasteiger partial charge is 0.258 e. The van der Waals surface area contributed by atoms with E-state index in [1.807, 2.05) is 36.4 Å². The zero-order valence-corrected chi connectivity index (χ0v) is 18.1. The van der Waals surface area contributed by atoms with Gasteiger partial charge < -0.3 is 9.45 Å². The summed E-state index contributed by atoms with van der Waals surface area (Å²) in [4.78, 5) is 27.3. The molecule has 2 aromatic carbocycles. The Labute approximate surface area is 184 Å². The first-order valence-corrected chi connectivity index (χ1v) is 12.0. The van der Waals surface area contributed by atoms with Crippen LogP contribution in [0.4, 0.5) is 0 Å². The van der Waals surface area contributed by atoms with Crippen LogP contribution in [0.3, 0.4) is 0 Å². The van der Waals surface area contributed by atoms with Crippen molar-refractivity contribution in [1.82, 2.24) is 4.90 Å². The molecule has 1 heterocycles. The number of carbonyl (C=O) groups is 2. The van der Waals surface area contributed by atoms with Crippen LogP contribution in [0.15, 0.2) is 75.7 Å². The molecule has 0 radical (unpaired) electrons. The number of benzene rings is 2. The highest BCUT2D eigenvalue weighted by Crippen LogP contribution is 2.29. The van der Waals surface area contributed by atoms with Crippen LogP contribution in [-0.4, -0.2) is 48.1 Å². The first-order chi connectivity index (χ1) is 14.7. The summed E-state index contributed by atoms with van der Waals surface area (Å²) in [7, 11) is -3.74. The molecular weight excluding hydrogens is 436 g/mol. The van der Waals surface area contributed by atoms with Gasteiger partial charge in [-0.25, -0.2) is 8.42 Å². The van der Waals surface area contributed by atoms with Crippen molar-refractivity contribution in [2.75, 3.05) is 12.8 Å². The SMILES string of the molecule is CS(=O)(=O)N=C1C=C(N2CCc3cc(-c4ccc(SO)cc4)ccc3C2=O)C=CC1=O. The number of fused-ring (bicyclic) bond motifs is 1. The van der Waals surface area contributed by atoms with Crippen molar-refractivity contribution < 1.29 is 22.6 Å². The number of carbonyl (C=O) groups excluding carboxylic acids is 2. The van der Waals surface area contributed by atoms with E-state index in [-0.39, 0.29) is 11.6 Å². The van der Waals surface area contributed by atoms with Crippen molar-refractivity contribution in [3.05, 3.63) is 77.5 Å². The standard InChI is InChI=1S/C22H18N2O5S2/c1-31(28,29)23-20-13-17(5-9-21(20)25)24-11-10-16-12-15(4-8-19(16)22(24)26)14-2-6-18(30-27)7-3-14/h2-9,12-13,27H,10-11H2,1H3. The number of allylic oxidation sites excluding steroid dienone is 3. The zero-order valence-electron chi connectivity index (χ0n) is 16.5. The minimum Gasteiger partial charge on any atom is -0.325 e. The number of nitrogens with zero attached hydrogens (tertiary/aromatic N) is 2. The van der Waals surface area contributed by atoms with E-state index < -0.39 is 15.8 Å². The summed E-state index contributed by atoms with van der Waals surface area (Å²) >= 11 is 0.689. The van der Waals surface area contributed by atoms with Crippen LogP contribution in [-0.2, 0) is 21.2 Å². The summed E-state index contributed by atoms with van der Waals surface area (Å²) in [5.41, 5.74) is 3.65. The molecule has 0 fully saturated rings. The Bertz CT molecular complexity index is 1280. The van der Waals surface area contributed by atoms with Gasteiger partial charge in [0.15, 0.2) is 0 Å². The molecule has 4 rings (SSSR count). The molecule has 2 aliphatic rings. The minimum atomic E-state index is -3.74. The predicted molar refractivity (Wildman–Crippen MR) is 120 cm³/mol.